The molecular weight excluding hydrogens is 488 g/mol. The molecule has 10 heteroatoms. The lowest BCUT2D eigenvalue weighted by Crippen LogP contribution is -2.44. The van der Waals surface area contributed by atoms with Gasteiger partial charge in [0.15, 0.2) is 0 Å². The molecule has 8 nitrogen and oxygen atoms in total. The van der Waals surface area contributed by atoms with Crippen LogP contribution in [0.4, 0.5) is 43.3 Å². The fraction of sp³-hybridized carbons (Fsp3) is 0.179. The minimum Gasteiger partial charge on any atom is -0.367 e. The van der Waals surface area contributed by atoms with Gasteiger partial charge in [-0.2, -0.15) is 4.98 Å². The van der Waals surface area contributed by atoms with E-state index in [1.165, 1.54) is 24.3 Å². The second-order valence-electron chi connectivity index (χ2n) is 9.04. The number of nitrogens with one attached hydrogen (secondary N) is 3. The lowest BCUT2D eigenvalue weighted by atomic mass is 10.2. The van der Waals surface area contributed by atoms with Crippen LogP contribution in [0.5, 0.6) is 0 Å². The summed E-state index contributed by atoms with van der Waals surface area (Å²) in [4.78, 5) is 25.0. The van der Waals surface area contributed by atoms with Crippen LogP contribution in [0.1, 0.15) is 0 Å². The van der Waals surface area contributed by atoms with Crippen molar-refractivity contribution in [3.8, 4) is 0 Å². The molecule has 5 rings (SSSR count). The van der Waals surface area contributed by atoms with Crippen molar-refractivity contribution in [3.05, 3.63) is 85.0 Å². The topological polar surface area (TPSA) is 85.4 Å². The van der Waals surface area contributed by atoms with Crippen LogP contribution >= 0.6 is 0 Å². The summed E-state index contributed by atoms with van der Waals surface area (Å²) in [5, 5.41) is 9.41. The van der Waals surface area contributed by atoms with Gasteiger partial charge >= 0.3 is 0 Å². The highest BCUT2D eigenvalue weighted by atomic mass is 19.1. The Labute approximate surface area is 219 Å². The van der Waals surface area contributed by atoms with Crippen LogP contribution in [-0.2, 0) is 4.79 Å². The normalized spacial score (nSPS) is 13.8. The number of fused-ring (bicyclic) bond motifs is 1. The van der Waals surface area contributed by atoms with Crippen LogP contribution < -0.4 is 20.9 Å². The van der Waals surface area contributed by atoms with E-state index in [4.69, 9.17) is 0 Å². The first-order valence-corrected chi connectivity index (χ1v) is 12.2. The average molecular weight is 516 g/mol. The van der Waals surface area contributed by atoms with Crippen molar-refractivity contribution >= 4 is 51.3 Å². The molecule has 194 valence electrons. The molecule has 0 saturated carbocycles. The number of hydrogen-bond acceptors (Lipinski definition) is 7. The largest absolute Gasteiger partial charge is 0.367 e. The number of amides is 1. The van der Waals surface area contributed by atoms with Gasteiger partial charge in [-0.05, 0) is 67.7 Å². The highest BCUT2D eigenvalue weighted by molar-refractivity contribution is 5.99. The van der Waals surface area contributed by atoms with Crippen molar-refractivity contribution in [2.24, 2.45) is 0 Å². The first-order chi connectivity index (χ1) is 18.4. The molecule has 1 aromatic heterocycles. The van der Waals surface area contributed by atoms with Crippen molar-refractivity contribution in [1.29, 1.82) is 0 Å². The van der Waals surface area contributed by atoms with E-state index in [1.807, 2.05) is 4.90 Å². The van der Waals surface area contributed by atoms with Crippen molar-refractivity contribution in [3.63, 3.8) is 0 Å². The van der Waals surface area contributed by atoms with E-state index in [0.29, 0.717) is 39.5 Å². The molecule has 1 amide bonds. The second kappa shape index (κ2) is 10.8. The summed E-state index contributed by atoms with van der Waals surface area (Å²) in [5.41, 5.74) is 2.71. The van der Waals surface area contributed by atoms with Crippen LogP contribution in [0.3, 0.4) is 0 Å². The summed E-state index contributed by atoms with van der Waals surface area (Å²) in [6.07, 6.45) is 1.18. The highest BCUT2D eigenvalue weighted by Crippen LogP contribution is 2.30. The Balaban J connectivity index is 1.43. The molecule has 0 spiro atoms. The molecule has 0 radical (unpaired) electrons. The number of hydrogen-bond donors (Lipinski definition) is 3. The Hall–Kier alpha value is -4.57. The SMILES string of the molecule is C=CC(=O)Nc1cccc(Nc2nc(Nc3ccc(N4CCN(C)CC4)c(F)c3)nc3ccc(F)cc23)c1. The number of piperazine rings is 1. The summed E-state index contributed by atoms with van der Waals surface area (Å²) in [5.74, 6) is -0.542. The average Bonchev–Trinajstić information content (AvgIpc) is 2.90. The fourth-order valence-electron chi connectivity index (χ4n) is 4.27. The summed E-state index contributed by atoms with van der Waals surface area (Å²) < 4.78 is 29.1. The number of nitrogens with zero attached hydrogens (tertiary/aromatic N) is 4. The summed E-state index contributed by atoms with van der Waals surface area (Å²) >= 11 is 0. The smallest absolute Gasteiger partial charge is 0.247 e. The number of halogens is 2. The van der Waals surface area contributed by atoms with Gasteiger partial charge in [0.25, 0.3) is 0 Å². The molecule has 1 aliphatic heterocycles. The van der Waals surface area contributed by atoms with Gasteiger partial charge < -0.3 is 25.8 Å². The molecule has 38 heavy (non-hydrogen) atoms. The van der Waals surface area contributed by atoms with Gasteiger partial charge in [-0.15, -0.1) is 0 Å². The van der Waals surface area contributed by atoms with E-state index in [0.717, 1.165) is 26.2 Å². The van der Waals surface area contributed by atoms with Crippen molar-refractivity contribution in [2.45, 2.75) is 0 Å². The molecule has 0 atom stereocenters. The molecule has 3 N–H and O–H groups in total. The molecule has 0 unspecified atom stereocenters. The first-order valence-electron chi connectivity index (χ1n) is 12.2. The van der Waals surface area contributed by atoms with Gasteiger partial charge in [-0.25, -0.2) is 13.8 Å². The molecule has 1 aliphatic rings. The summed E-state index contributed by atoms with van der Waals surface area (Å²) in [6.45, 7) is 6.74. The van der Waals surface area contributed by atoms with Crippen LogP contribution in [0.25, 0.3) is 10.9 Å². The predicted octanol–water partition coefficient (Wildman–Crippen LogP) is 5.27. The molecule has 1 saturated heterocycles. The van der Waals surface area contributed by atoms with Crippen LogP contribution in [0.2, 0.25) is 0 Å². The zero-order valence-electron chi connectivity index (χ0n) is 20.8. The Bertz CT molecular complexity index is 1500. The third-order valence-corrected chi connectivity index (χ3v) is 6.28. The van der Waals surface area contributed by atoms with Gasteiger partial charge in [-0.1, -0.05) is 12.6 Å². The highest BCUT2D eigenvalue weighted by Gasteiger charge is 2.18. The molecule has 1 fully saturated rings. The number of aromatic nitrogens is 2. The van der Waals surface area contributed by atoms with Crippen LogP contribution in [0.15, 0.2) is 73.3 Å². The van der Waals surface area contributed by atoms with E-state index < -0.39 is 5.82 Å². The molecule has 0 bridgehead atoms. The lowest BCUT2D eigenvalue weighted by Gasteiger charge is -2.34. The van der Waals surface area contributed by atoms with E-state index in [2.05, 4.69) is 44.4 Å². The Kier molecular flexibility index (Phi) is 7.14. The van der Waals surface area contributed by atoms with Gasteiger partial charge in [0.1, 0.15) is 17.5 Å². The third kappa shape index (κ3) is 5.70. The third-order valence-electron chi connectivity index (χ3n) is 6.28. The molecule has 4 aromatic rings. The number of likely N-dealkylation sites (N-methyl/N-ethyl adjacent to an activating group) is 1. The number of anilines is 6. The van der Waals surface area contributed by atoms with Gasteiger partial charge in [0.2, 0.25) is 11.9 Å². The van der Waals surface area contributed by atoms with Gasteiger partial charge in [0, 0.05) is 48.6 Å². The predicted molar refractivity (Wildman–Crippen MR) is 147 cm³/mol. The maximum absolute atomic E-state index is 15.0. The first kappa shape index (κ1) is 25.1. The maximum Gasteiger partial charge on any atom is 0.247 e. The number of rotatable bonds is 7. The zero-order chi connectivity index (χ0) is 26.6. The van der Waals surface area contributed by atoms with E-state index >= 15 is 4.39 Å². The van der Waals surface area contributed by atoms with Crippen molar-refractivity contribution in [1.82, 2.24) is 14.9 Å². The van der Waals surface area contributed by atoms with Crippen LogP contribution in [0, 0.1) is 11.6 Å². The van der Waals surface area contributed by atoms with Gasteiger partial charge in [-0.3, -0.25) is 4.79 Å². The lowest BCUT2D eigenvalue weighted by molar-refractivity contribution is -0.111. The summed E-state index contributed by atoms with van der Waals surface area (Å²) in [7, 11) is 2.05. The van der Waals surface area contributed by atoms with Crippen molar-refractivity contribution in [2.75, 3.05) is 54.1 Å². The Morgan fingerprint density at radius 3 is 2.45 bits per heavy atom. The maximum atomic E-state index is 15.0. The fourth-order valence-corrected chi connectivity index (χ4v) is 4.27. The van der Waals surface area contributed by atoms with Gasteiger partial charge in [0.05, 0.1) is 11.2 Å². The number of carbonyl (C=O) groups is 1. The standard InChI is InChI=1S/C28H27F2N7O/c1-3-26(38)31-19-5-4-6-20(16-19)32-27-22-15-18(29)7-9-24(22)34-28(35-27)33-21-8-10-25(23(30)17-21)37-13-11-36(2)12-14-37/h3-10,15-17H,1,11-14H2,2H3,(H,31,38)(H2,32,33,34,35). The molecular formula is C28H27F2N7O. The number of carbonyl (C=O) groups excluding carboxylic acids is 1. The molecule has 2 heterocycles. The number of benzene rings is 3. The van der Waals surface area contributed by atoms with E-state index in [9.17, 15) is 9.18 Å². The Morgan fingerprint density at radius 2 is 1.68 bits per heavy atom. The van der Waals surface area contributed by atoms with Crippen molar-refractivity contribution < 1.29 is 13.6 Å². The quantitative estimate of drug-likeness (QED) is 0.289. The molecule has 0 aliphatic carbocycles. The molecule has 3 aromatic carbocycles. The second-order valence-corrected chi connectivity index (χ2v) is 9.04. The zero-order valence-corrected chi connectivity index (χ0v) is 20.8. The van der Waals surface area contributed by atoms with E-state index in [-0.39, 0.29) is 17.7 Å². The van der Waals surface area contributed by atoms with E-state index in [1.54, 1.807) is 42.5 Å². The summed E-state index contributed by atoms with van der Waals surface area (Å²) in [6, 6.07) is 16.2. The minimum atomic E-state index is -0.432. The minimum absolute atomic E-state index is 0.217. The van der Waals surface area contributed by atoms with Crippen LogP contribution in [-0.4, -0.2) is 54.0 Å². The Morgan fingerprint density at radius 1 is 0.921 bits per heavy atom. The monoisotopic (exact) mass is 515 g/mol.